The van der Waals surface area contributed by atoms with Gasteiger partial charge in [0, 0.05) is 18.6 Å². The summed E-state index contributed by atoms with van der Waals surface area (Å²) in [6, 6.07) is 15.8. The molecule has 0 radical (unpaired) electrons. The molecule has 6 heteroatoms. The summed E-state index contributed by atoms with van der Waals surface area (Å²) in [5.41, 5.74) is 9.19. The largest absolute Gasteiger partial charge is 0.497 e. The van der Waals surface area contributed by atoms with Crippen molar-refractivity contribution in [2.45, 2.75) is 69.6 Å². The Morgan fingerprint density at radius 1 is 1.00 bits per heavy atom. The smallest absolute Gasteiger partial charge is 0.237 e. The van der Waals surface area contributed by atoms with Crippen LogP contribution in [0, 0.1) is 17.8 Å². The molecule has 6 nitrogen and oxygen atoms in total. The summed E-state index contributed by atoms with van der Waals surface area (Å²) in [5.74, 6) is 2.77. The van der Waals surface area contributed by atoms with Crippen molar-refractivity contribution >= 4 is 11.8 Å². The van der Waals surface area contributed by atoms with E-state index in [4.69, 9.17) is 10.5 Å². The summed E-state index contributed by atoms with van der Waals surface area (Å²) in [7, 11) is 1.68. The third-order valence-corrected chi connectivity index (χ3v) is 9.37. The number of primary amides is 1. The Kier molecular flexibility index (Phi) is 6.03. The molecule has 1 heterocycles. The van der Waals surface area contributed by atoms with Gasteiger partial charge in [0.15, 0.2) is 0 Å². The van der Waals surface area contributed by atoms with Gasteiger partial charge in [0.25, 0.3) is 0 Å². The van der Waals surface area contributed by atoms with Crippen molar-refractivity contribution in [3.8, 4) is 5.75 Å². The highest BCUT2D eigenvalue weighted by Gasteiger charge is 2.54. The lowest BCUT2D eigenvalue weighted by molar-refractivity contribution is -0.154. The van der Waals surface area contributed by atoms with Gasteiger partial charge in [-0.25, -0.2) is 0 Å². The molecule has 2 aromatic rings. The number of nitrogens with two attached hydrogens (primary N) is 1. The minimum absolute atomic E-state index is 0.0785. The van der Waals surface area contributed by atoms with Gasteiger partial charge in [-0.3, -0.25) is 14.5 Å². The predicted octanol–water partition coefficient (Wildman–Crippen LogP) is 3.90. The zero-order chi connectivity index (χ0) is 24.9. The Morgan fingerprint density at radius 2 is 1.67 bits per heavy atom. The molecule has 4 aliphatic carbocycles. The van der Waals surface area contributed by atoms with Gasteiger partial charge in [0.2, 0.25) is 11.8 Å². The van der Waals surface area contributed by atoms with E-state index in [-0.39, 0.29) is 23.9 Å². The number of rotatable bonds is 7. The number of carbonyl (C=O) groups is 2. The number of amides is 2. The first kappa shape index (κ1) is 23.5. The zero-order valence-electron chi connectivity index (χ0n) is 21.2. The highest BCUT2D eigenvalue weighted by atomic mass is 16.5. The third-order valence-electron chi connectivity index (χ3n) is 9.37. The summed E-state index contributed by atoms with van der Waals surface area (Å²) in [4.78, 5) is 30.9. The van der Waals surface area contributed by atoms with Crippen LogP contribution in [0.1, 0.15) is 55.2 Å². The minimum Gasteiger partial charge on any atom is -0.497 e. The Bertz CT molecular complexity index is 1130. The van der Waals surface area contributed by atoms with Crippen molar-refractivity contribution in [2.24, 2.45) is 23.5 Å². The molecule has 5 aliphatic rings. The van der Waals surface area contributed by atoms with E-state index in [0.717, 1.165) is 53.9 Å². The lowest BCUT2D eigenvalue weighted by Crippen LogP contribution is -2.63. The van der Waals surface area contributed by atoms with Gasteiger partial charge in [-0.05, 0) is 91.5 Å². The van der Waals surface area contributed by atoms with Crippen LogP contribution in [0.4, 0.5) is 0 Å². The first-order valence-electron chi connectivity index (χ1n) is 13.5. The second-order valence-electron chi connectivity index (χ2n) is 11.8. The van der Waals surface area contributed by atoms with Gasteiger partial charge >= 0.3 is 0 Å². The van der Waals surface area contributed by atoms with Crippen molar-refractivity contribution in [3.05, 3.63) is 65.2 Å². The molecule has 4 bridgehead atoms. The monoisotopic (exact) mass is 487 g/mol. The highest BCUT2D eigenvalue weighted by Crippen LogP contribution is 2.58. The van der Waals surface area contributed by atoms with Gasteiger partial charge < -0.3 is 15.4 Å². The number of nitrogens with zero attached hydrogens (tertiary/aromatic N) is 2. The summed E-state index contributed by atoms with van der Waals surface area (Å²) in [5, 5.41) is 0. The van der Waals surface area contributed by atoms with Gasteiger partial charge in [0.1, 0.15) is 5.75 Å². The standard InChI is InChI=1S/C30H37N3O3/c1-36-26-8-4-5-20(12-26)17-33(30-14-21-9-22(15-30)11-23(10-21)16-30)28(34)19-32-18-25-7-3-2-6-24(25)13-27(32)29(31)35/h2-8,12,21-23,27H,9-11,13-19H2,1H3,(H2,31,35)/t21?,22?,23?,27-,30?/m0/s1. The van der Waals surface area contributed by atoms with Gasteiger partial charge in [-0.2, -0.15) is 0 Å². The highest BCUT2D eigenvalue weighted by molar-refractivity contribution is 5.83. The van der Waals surface area contributed by atoms with E-state index in [1.165, 1.54) is 24.8 Å². The van der Waals surface area contributed by atoms with Crippen LogP contribution in [-0.4, -0.2) is 46.8 Å². The SMILES string of the molecule is COc1cccc(CN(C(=O)CN2Cc3ccccc3C[C@H]2C(N)=O)C23CC4CC(CC(C4)C2)C3)c1. The van der Waals surface area contributed by atoms with E-state index < -0.39 is 6.04 Å². The molecule has 4 saturated carbocycles. The number of fused-ring (bicyclic) bond motifs is 1. The Labute approximate surface area is 213 Å². The molecule has 2 aromatic carbocycles. The van der Waals surface area contributed by atoms with Crippen molar-refractivity contribution in [2.75, 3.05) is 13.7 Å². The van der Waals surface area contributed by atoms with E-state index in [0.29, 0.717) is 19.5 Å². The molecule has 190 valence electrons. The predicted molar refractivity (Wildman–Crippen MR) is 138 cm³/mol. The van der Waals surface area contributed by atoms with E-state index in [9.17, 15) is 9.59 Å². The lowest BCUT2D eigenvalue weighted by Gasteiger charge is -2.60. The van der Waals surface area contributed by atoms with Crippen LogP contribution < -0.4 is 10.5 Å². The Hall–Kier alpha value is -2.86. The average molecular weight is 488 g/mol. The number of methoxy groups -OCH3 is 1. The van der Waals surface area contributed by atoms with Crippen molar-refractivity contribution in [1.29, 1.82) is 0 Å². The topological polar surface area (TPSA) is 75.9 Å². The molecular weight excluding hydrogens is 450 g/mol. The fourth-order valence-electron chi connectivity index (χ4n) is 8.15. The van der Waals surface area contributed by atoms with Gasteiger partial charge in [-0.1, -0.05) is 36.4 Å². The van der Waals surface area contributed by atoms with Crippen LogP contribution in [-0.2, 0) is 29.1 Å². The van der Waals surface area contributed by atoms with Crippen LogP contribution in [0.3, 0.4) is 0 Å². The van der Waals surface area contributed by atoms with Gasteiger partial charge in [0.05, 0.1) is 19.7 Å². The normalized spacial score (nSPS) is 30.6. The number of carbonyl (C=O) groups excluding carboxylic acids is 2. The maximum atomic E-state index is 14.3. The number of benzene rings is 2. The lowest BCUT2D eigenvalue weighted by atomic mass is 9.52. The van der Waals surface area contributed by atoms with E-state index >= 15 is 0 Å². The first-order chi connectivity index (χ1) is 17.4. The fourth-order valence-corrected chi connectivity index (χ4v) is 8.15. The third kappa shape index (κ3) is 4.30. The van der Waals surface area contributed by atoms with Crippen LogP contribution in [0.15, 0.2) is 48.5 Å². The minimum atomic E-state index is -0.459. The van der Waals surface area contributed by atoms with Crippen molar-refractivity contribution in [1.82, 2.24) is 9.80 Å². The Balaban J connectivity index is 1.31. The van der Waals surface area contributed by atoms with Crippen molar-refractivity contribution < 1.29 is 14.3 Å². The summed E-state index contributed by atoms with van der Waals surface area (Å²) >= 11 is 0. The second kappa shape index (κ2) is 9.22. The Morgan fingerprint density at radius 3 is 2.31 bits per heavy atom. The molecule has 1 aliphatic heterocycles. The number of hydrogen-bond acceptors (Lipinski definition) is 4. The maximum absolute atomic E-state index is 14.3. The van der Waals surface area contributed by atoms with Crippen LogP contribution in [0.5, 0.6) is 5.75 Å². The zero-order valence-corrected chi connectivity index (χ0v) is 21.2. The summed E-state index contributed by atoms with van der Waals surface area (Å²) in [6.45, 7) is 1.37. The molecule has 1 atom stereocenters. The fraction of sp³-hybridized carbons (Fsp3) is 0.533. The molecule has 36 heavy (non-hydrogen) atoms. The summed E-state index contributed by atoms with van der Waals surface area (Å²) in [6.07, 6.45) is 7.86. The molecule has 4 fully saturated rings. The number of hydrogen-bond donors (Lipinski definition) is 1. The molecule has 0 unspecified atom stereocenters. The van der Waals surface area contributed by atoms with Crippen LogP contribution >= 0.6 is 0 Å². The van der Waals surface area contributed by atoms with E-state index in [2.05, 4.69) is 23.1 Å². The van der Waals surface area contributed by atoms with Gasteiger partial charge in [-0.15, -0.1) is 0 Å². The van der Waals surface area contributed by atoms with E-state index in [1.807, 2.05) is 35.2 Å². The first-order valence-corrected chi connectivity index (χ1v) is 13.5. The molecular formula is C30H37N3O3. The second-order valence-corrected chi connectivity index (χ2v) is 11.8. The molecule has 2 N–H and O–H groups in total. The molecule has 2 amide bonds. The number of ether oxygens (including phenoxy) is 1. The molecule has 0 aromatic heterocycles. The molecule has 0 spiro atoms. The van der Waals surface area contributed by atoms with Crippen molar-refractivity contribution in [3.63, 3.8) is 0 Å². The molecule has 7 rings (SSSR count). The van der Waals surface area contributed by atoms with E-state index in [1.54, 1.807) is 7.11 Å². The average Bonchev–Trinajstić information content (AvgIpc) is 2.86. The van der Waals surface area contributed by atoms with Crippen LogP contribution in [0.25, 0.3) is 0 Å². The quantitative estimate of drug-likeness (QED) is 0.643. The van der Waals surface area contributed by atoms with Crippen LogP contribution in [0.2, 0.25) is 0 Å². The summed E-state index contributed by atoms with van der Waals surface area (Å²) < 4.78 is 5.48. The maximum Gasteiger partial charge on any atom is 0.237 e. The molecule has 0 saturated heterocycles.